The molecule has 0 unspecified atom stereocenters. The Balaban J connectivity index is 1.97. The van der Waals surface area contributed by atoms with E-state index < -0.39 is 18.0 Å². The molecule has 0 fully saturated rings. The molecule has 1 atom stereocenters. The first kappa shape index (κ1) is 20.0. The summed E-state index contributed by atoms with van der Waals surface area (Å²) < 4.78 is 6.77. The number of esters is 1. The van der Waals surface area contributed by atoms with Gasteiger partial charge in [0, 0.05) is 33.8 Å². The molecule has 0 saturated heterocycles. The number of anilines is 1. The van der Waals surface area contributed by atoms with Crippen LogP contribution in [0.25, 0.3) is 6.08 Å². The van der Waals surface area contributed by atoms with Crippen molar-refractivity contribution in [1.82, 2.24) is 9.78 Å². The monoisotopic (exact) mass is 395 g/mol. The van der Waals surface area contributed by atoms with E-state index in [0.717, 1.165) is 0 Å². The second kappa shape index (κ2) is 8.87. The van der Waals surface area contributed by atoms with E-state index in [2.05, 4.69) is 10.4 Å². The highest BCUT2D eigenvalue weighted by Gasteiger charge is 2.19. The second-order valence-electron chi connectivity index (χ2n) is 5.79. The van der Waals surface area contributed by atoms with Crippen LogP contribution in [0.4, 0.5) is 5.82 Å². The molecule has 138 valence electrons. The number of amides is 1. The number of aromatic nitrogens is 2. The van der Waals surface area contributed by atoms with Gasteiger partial charge in [-0.1, -0.05) is 29.3 Å². The molecule has 0 spiro atoms. The normalized spacial score (nSPS) is 12.4. The first-order chi connectivity index (χ1) is 12.3. The van der Waals surface area contributed by atoms with Crippen LogP contribution >= 0.6 is 23.2 Å². The highest BCUT2D eigenvalue weighted by molar-refractivity contribution is 6.37. The van der Waals surface area contributed by atoms with Crippen LogP contribution in [0.15, 0.2) is 36.5 Å². The van der Waals surface area contributed by atoms with E-state index >= 15 is 0 Å². The predicted octanol–water partition coefficient (Wildman–Crippen LogP) is 4.35. The molecule has 0 aliphatic rings. The van der Waals surface area contributed by atoms with E-state index in [9.17, 15) is 9.59 Å². The lowest BCUT2D eigenvalue weighted by molar-refractivity contribution is -0.148. The van der Waals surface area contributed by atoms with Crippen LogP contribution in [0.2, 0.25) is 10.0 Å². The first-order valence-corrected chi connectivity index (χ1v) is 8.72. The van der Waals surface area contributed by atoms with Crippen LogP contribution in [0.1, 0.15) is 32.4 Å². The number of halogens is 2. The SMILES string of the molecule is CC(C)n1nccc1NC(=O)[C@@H](C)OC(=O)/C=C/c1c(Cl)cccc1Cl. The molecule has 1 heterocycles. The molecule has 0 saturated carbocycles. The third-order valence-electron chi connectivity index (χ3n) is 3.46. The van der Waals surface area contributed by atoms with E-state index in [4.69, 9.17) is 27.9 Å². The molecule has 0 radical (unpaired) electrons. The zero-order valence-corrected chi connectivity index (χ0v) is 16.1. The molecular weight excluding hydrogens is 377 g/mol. The summed E-state index contributed by atoms with van der Waals surface area (Å²) in [6.07, 6.45) is 3.23. The topological polar surface area (TPSA) is 73.2 Å². The molecule has 26 heavy (non-hydrogen) atoms. The number of carbonyl (C=O) groups excluding carboxylic acids is 2. The smallest absolute Gasteiger partial charge is 0.331 e. The first-order valence-electron chi connectivity index (χ1n) is 7.96. The zero-order valence-electron chi connectivity index (χ0n) is 14.6. The van der Waals surface area contributed by atoms with Crippen LogP contribution in [0.3, 0.4) is 0 Å². The Kier molecular flexibility index (Phi) is 6.83. The lowest BCUT2D eigenvalue weighted by Crippen LogP contribution is -2.30. The van der Waals surface area contributed by atoms with Crippen LogP contribution < -0.4 is 5.32 Å². The minimum Gasteiger partial charge on any atom is -0.449 e. The van der Waals surface area contributed by atoms with Gasteiger partial charge < -0.3 is 10.1 Å². The largest absolute Gasteiger partial charge is 0.449 e. The van der Waals surface area contributed by atoms with Crippen molar-refractivity contribution in [3.05, 3.63) is 52.1 Å². The number of rotatable bonds is 6. The Bertz CT molecular complexity index is 811. The van der Waals surface area contributed by atoms with Gasteiger partial charge in [0.2, 0.25) is 0 Å². The molecule has 8 heteroatoms. The summed E-state index contributed by atoms with van der Waals surface area (Å²) >= 11 is 12.1. The van der Waals surface area contributed by atoms with Crippen molar-refractivity contribution < 1.29 is 14.3 Å². The quantitative estimate of drug-likeness (QED) is 0.582. The molecule has 6 nitrogen and oxygen atoms in total. The van der Waals surface area contributed by atoms with Gasteiger partial charge in [-0.05, 0) is 39.0 Å². The minimum atomic E-state index is -0.982. The Morgan fingerprint density at radius 3 is 2.46 bits per heavy atom. The van der Waals surface area contributed by atoms with Crippen molar-refractivity contribution in [1.29, 1.82) is 0 Å². The maximum Gasteiger partial charge on any atom is 0.331 e. The Morgan fingerprint density at radius 1 is 1.19 bits per heavy atom. The van der Waals surface area contributed by atoms with E-state index in [1.54, 1.807) is 35.1 Å². The van der Waals surface area contributed by atoms with Gasteiger partial charge in [0.25, 0.3) is 5.91 Å². The highest BCUT2D eigenvalue weighted by Crippen LogP contribution is 2.25. The Hall–Kier alpha value is -2.31. The summed E-state index contributed by atoms with van der Waals surface area (Å²) in [5, 5.41) is 7.64. The number of hydrogen-bond donors (Lipinski definition) is 1. The van der Waals surface area contributed by atoms with Gasteiger partial charge in [0.05, 0.1) is 6.20 Å². The van der Waals surface area contributed by atoms with E-state index in [1.807, 2.05) is 13.8 Å². The van der Waals surface area contributed by atoms with E-state index in [0.29, 0.717) is 21.4 Å². The summed E-state index contributed by atoms with van der Waals surface area (Å²) in [7, 11) is 0. The van der Waals surface area contributed by atoms with Gasteiger partial charge in [-0.15, -0.1) is 0 Å². The maximum absolute atomic E-state index is 12.2. The molecule has 0 aliphatic carbocycles. The van der Waals surface area contributed by atoms with Gasteiger partial charge in [-0.2, -0.15) is 5.10 Å². The number of benzene rings is 1. The number of nitrogens with zero attached hydrogens (tertiary/aromatic N) is 2. The molecule has 0 bridgehead atoms. The van der Waals surface area contributed by atoms with Crippen molar-refractivity contribution >= 4 is 47.0 Å². The van der Waals surface area contributed by atoms with Crippen molar-refractivity contribution in [2.24, 2.45) is 0 Å². The van der Waals surface area contributed by atoms with Crippen molar-refractivity contribution in [3.8, 4) is 0 Å². The summed E-state index contributed by atoms with van der Waals surface area (Å²) in [5.41, 5.74) is 0.505. The predicted molar refractivity (Wildman–Crippen MR) is 102 cm³/mol. The maximum atomic E-state index is 12.2. The summed E-state index contributed by atoms with van der Waals surface area (Å²) in [5.74, 6) is -0.600. The third kappa shape index (κ3) is 5.09. The number of nitrogens with one attached hydrogen (secondary N) is 1. The fourth-order valence-corrected chi connectivity index (χ4v) is 2.66. The summed E-state index contributed by atoms with van der Waals surface area (Å²) in [6.45, 7) is 5.37. The summed E-state index contributed by atoms with van der Waals surface area (Å²) in [4.78, 5) is 24.1. The average Bonchev–Trinajstić information content (AvgIpc) is 3.02. The second-order valence-corrected chi connectivity index (χ2v) is 6.61. The summed E-state index contributed by atoms with van der Waals surface area (Å²) in [6, 6.07) is 6.78. The molecule has 2 rings (SSSR count). The van der Waals surface area contributed by atoms with Gasteiger partial charge >= 0.3 is 5.97 Å². The molecule has 2 aromatic rings. The zero-order chi connectivity index (χ0) is 19.3. The van der Waals surface area contributed by atoms with Gasteiger partial charge in [0.15, 0.2) is 6.10 Å². The molecule has 1 aromatic carbocycles. The van der Waals surface area contributed by atoms with E-state index in [1.165, 1.54) is 19.1 Å². The van der Waals surface area contributed by atoms with Crippen molar-refractivity contribution in [3.63, 3.8) is 0 Å². The fourth-order valence-electron chi connectivity index (χ4n) is 2.14. The lowest BCUT2D eigenvalue weighted by Gasteiger charge is -2.15. The number of carbonyl (C=O) groups is 2. The molecular formula is C18H19Cl2N3O3. The van der Waals surface area contributed by atoms with Gasteiger partial charge in [0.1, 0.15) is 5.82 Å². The van der Waals surface area contributed by atoms with Crippen LogP contribution in [-0.2, 0) is 14.3 Å². The highest BCUT2D eigenvalue weighted by atomic mass is 35.5. The average molecular weight is 396 g/mol. The molecule has 1 N–H and O–H groups in total. The minimum absolute atomic E-state index is 0.0847. The van der Waals surface area contributed by atoms with Crippen LogP contribution in [0.5, 0.6) is 0 Å². The Morgan fingerprint density at radius 2 is 1.85 bits per heavy atom. The number of hydrogen-bond acceptors (Lipinski definition) is 4. The lowest BCUT2D eigenvalue weighted by atomic mass is 10.2. The standard InChI is InChI=1S/C18H19Cl2N3O3/c1-11(2)23-16(9-10-21-23)22-18(25)12(3)26-17(24)8-7-13-14(19)5-4-6-15(13)20/h4-12H,1-3H3,(H,22,25)/b8-7+/t12-/m1/s1. The van der Waals surface area contributed by atoms with Gasteiger partial charge in [-0.3, -0.25) is 4.79 Å². The van der Waals surface area contributed by atoms with Gasteiger partial charge in [-0.25, -0.2) is 9.48 Å². The fraction of sp³-hybridized carbons (Fsp3) is 0.278. The van der Waals surface area contributed by atoms with Crippen molar-refractivity contribution in [2.75, 3.05) is 5.32 Å². The number of ether oxygens (including phenoxy) is 1. The third-order valence-corrected chi connectivity index (χ3v) is 4.12. The van der Waals surface area contributed by atoms with Crippen LogP contribution in [0, 0.1) is 0 Å². The molecule has 0 aliphatic heterocycles. The van der Waals surface area contributed by atoms with E-state index in [-0.39, 0.29) is 6.04 Å². The van der Waals surface area contributed by atoms with Crippen LogP contribution in [-0.4, -0.2) is 27.8 Å². The molecule has 1 amide bonds. The Labute approximate surface area is 161 Å². The van der Waals surface area contributed by atoms with Crippen molar-refractivity contribution in [2.45, 2.75) is 32.9 Å². The molecule has 1 aromatic heterocycles.